The summed E-state index contributed by atoms with van der Waals surface area (Å²) in [6.07, 6.45) is 1.80. The largest absolute Gasteiger partial charge is 0.457 e. The van der Waals surface area contributed by atoms with Crippen LogP contribution in [-0.2, 0) is 16.2 Å². The highest BCUT2D eigenvalue weighted by Crippen LogP contribution is 2.47. The molecule has 0 aliphatic carbocycles. The normalized spacial score (nSPS) is 15.1. The Kier molecular flexibility index (Phi) is 7.61. The highest BCUT2D eigenvalue weighted by Gasteiger charge is 2.30. The summed E-state index contributed by atoms with van der Waals surface area (Å²) >= 11 is 0. The van der Waals surface area contributed by atoms with Gasteiger partial charge in [0.2, 0.25) is 0 Å². The zero-order valence-electron chi connectivity index (χ0n) is 46.9. The lowest BCUT2D eigenvalue weighted by molar-refractivity contribution is 0.483. The molecular formula is C60H57N5O. The lowest BCUT2D eigenvalue weighted by Gasteiger charge is -2.29. The zero-order valence-corrected chi connectivity index (χ0v) is 38.9. The van der Waals surface area contributed by atoms with Gasteiger partial charge in [0, 0.05) is 56.9 Å². The number of anilines is 4. The van der Waals surface area contributed by atoms with Gasteiger partial charge in [0.25, 0.3) is 0 Å². The van der Waals surface area contributed by atoms with Gasteiger partial charge in [-0.25, -0.2) is 4.98 Å². The summed E-state index contributed by atoms with van der Waals surface area (Å²) in [5.74, 6) is 1.89. The van der Waals surface area contributed by atoms with Gasteiger partial charge < -0.3 is 19.1 Å². The number of nitrogens with zero attached hydrogens (tertiary/aromatic N) is 5. The average molecular weight is 872 g/mol. The molecule has 328 valence electrons. The summed E-state index contributed by atoms with van der Waals surface area (Å²) in [5.41, 5.74) is 9.78. The maximum Gasteiger partial charge on any atom is 0.137 e. The SMILES string of the molecule is [2H]c1c([2H])c([2H])c2c(c1[2H])c1c([2H])c([2H])c([2H])c([2H])c1n2-c1ccc2c3ccc(Oc4cccc(N5CN(c6cc(C(C)(C)C)cc(C(C)(C)C)c6)c6ccccc65)c4)cc3n(-c3cc(C(C)(C)C)ccn3)c2c1. The molecule has 11 rings (SSSR count). The molecule has 0 saturated heterocycles. The fourth-order valence-corrected chi connectivity index (χ4v) is 9.26. The van der Waals surface area contributed by atoms with Crippen LogP contribution >= 0.6 is 0 Å². The summed E-state index contributed by atoms with van der Waals surface area (Å²) in [6, 6.07) is 36.0. The molecule has 0 unspecified atom stereocenters. The quantitative estimate of drug-likeness (QED) is 0.167. The standard InChI is InChI=1S/C60H57N5O/c1-58(2,3)39-29-30-61-57(34-39)65-55-36-43(64-51-21-12-10-19-47(51)48-20-11-13-22-52(48)64)25-27-49(55)50-28-26-46(37-56(50)65)66-45-18-16-17-42(35-45)62-38-63(54-24-15-14-23-53(54)62)44-32-40(59(4,5)6)31-41(33-44)60(7,8)9/h10-37H,38H2,1-9H3/i10D,11D,12D,13D,19D,20D,21D,22D. The van der Waals surface area contributed by atoms with Crippen LogP contribution in [0.5, 0.6) is 11.5 Å². The van der Waals surface area contributed by atoms with E-state index in [0.29, 0.717) is 35.2 Å². The number of benzene rings is 7. The van der Waals surface area contributed by atoms with Gasteiger partial charge in [-0.2, -0.15) is 0 Å². The summed E-state index contributed by atoms with van der Waals surface area (Å²) in [6.45, 7) is 20.6. The predicted octanol–water partition coefficient (Wildman–Crippen LogP) is 16.2. The van der Waals surface area contributed by atoms with Gasteiger partial charge in [-0.3, -0.25) is 4.57 Å². The molecule has 0 bridgehead atoms. The molecule has 10 aromatic rings. The molecule has 6 nitrogen and oxygen atoms in total. The van der Waals surface area contributed by atoms with Crippen molar-refractivity contribution in [3.8, 4) is 23.0 Å². The van der Waals surface area contributed by atoms with E-state index in [1.807, 2.05) is 54.6 Å². The van der Waals surface area contributed by atoms with Gasteiger partial charge in [0.1, 0.15) is 24.0 Å². The molecule has 3 aromatic heterocycles. The van der Waals surface area contributed by atoms with Crippen molar-refractivity contribution in [3.63, 3.8) is 0 Å². The minimum Gasteiger partial charge on any atom is -0.457 e. The van der Waals surface area contributed by atoms with Crippen LogP contribution in [0, 0.1) is 0 Å². The van der Waals surface area contributed by atoms with E-state index in [2.05, 4.69) is 137 Å². The number of fused-ring (bicyclic) bond motifs is 7. The van der Waals surface area contributed by atoms with Crippen molar-refractivity contribution in [2.75, 3.05) is 16.5 Å². The van der Waals surface area contributed by atoms with Crippen LogP contribution in [-0.4, -0.2) is 20.8 Å². The minimum atomic E-state index is -0.486. The molecule has 0 N–H and O–H groups in total. The van der Waals surface area contributed by atoms with Crippen LogP contribution in [0.4, 0.5) is 22.7 Å². The van der Waals surface area contributed by atoms with Gasteiger partial charge >= 0.3 is 0 Å². The Morgan fingerprint density at radius 2 is 1.03 bits per heavy atom. The third-order valence-electron chi connectivity index (χ3n) is 12.9. The first-order chi connectivity index (χ1) is 34.9. The molecule has 4 heterocycles. The minimum absolute atomic E-state index is 0.0240. The molecule has 0 amide bonds. The van der Waals surface area contributed by atoms with E-state index < -0.39 is 24.2 Å². The molecule has 1 aliphatic heterocycles. The first kappa shape index (κ1) is 33.2. The summed E-state index contributed by atoms with van der Waals surface area (Å²) in [7, 11) is 0. The van der Waals surface area contributed by atoms with E-state index in [-0.39, 0.29) is 62.2 Å². The summed E-state index contributed by atoms with van der Waals surface area (Å²) in [5, 5.41) is 1.82. The second-order valence-corrected chi connectivity index (χ2v) is 20.5. The molecule has 1 aliphatic rings. The van der Waals surface area contributed by atoms with Crippen molar-refractivity contribution < 1.29 is 15.7 Å². The van der Waals surface area contributed by atoms with E-state index in [0.717, 1.165) is 44.6 Å². The zero-order chi connectivity index (χ0) is 52.7. The number of rotatable bonds is 6. The summed E-state index contributed by atoms with van der Waals surface area (Å²) < 4.78 is 81.1. The smallest absolute Gasteiger partial charge is 0.137 e. The monoisotopic (exact) mass is 872 g/mol. The van der Waals surface area contributed by atoms with Crippen molar-refractivity contribution >= 4 is 66.4 Å². The van der Waals surface area contributed by atoms with E-state index in [4.69, 9.17) is 20.7 Å². The molecular weight excluding hydrogens is 807 g/mol. The van der Waals surface area contributed by atoms with Crippen LogP contribution < -0.4 is 14.5 Å². The van der Waals surface area contributed by atoms with Crippen LogP contribution in [0.15, 0.2) is 170 Å². The third kappa shape index (κ3) is 7.07. The highest BCUT2D eigenvalue weighted by molar-refractivity contribution is 6.12. The van der Waals surface area contributed by atoms with Gasteiger partial charge in [0.05, 0.1) is 44.4 Å². The van der Waals surface area contributed by atoms with Crippen molar-refractivity contribution in [2.45, 2.75) is 78.6 Å². The van der Waals surface area contributed by atoms with Gasteiger partial charge in [0.15, 0.2) is 0 Å². The van der Waals surface area contributed by atoms with E-state index in [1.165, 1.54) is 11.1 Å². The number of pyridine rings is 1. The number of hydrogen-bond acceptors (Lipinski definition) is 4. The molecule has 0 spiro atoms. The van der Waals surface area contributed by atoms with Gasteiger partial charge in [-0.15, -0.1) is 0 Å². The maximum atomic E-state index is 9.15. The lowest BCUT2D eigenvalue weighted by Crippen LogP contribution is -2.25. The number of ether oxygens (including phenoxy) is 1. The van der Waals surface area contributed by atoms with E-state index in [9.17, 15) is 0 Å². The van der Waals surface area contributed by atoms with Crippen LogP contribution in [0.3, 0.4) is 0 Å². The van der Waals surface area contributed by atoms with E-state index in [1.54, 1.807) is 10.8 Å². The summed E-state index contributed by atoms with van der Waals surface area (Å²) in [4.78, 5) is 9.65. The predicted molar refractivity (Wildman–Crippen MR) is 278 cm³/mol. The molecule has 0 saturated carbocycles. The Balaban J connectivity index is 1.05. The Labute approximate surface area is 399 Å². The number of hydrogen-bond donors (Lipinski definition) is 0. The molecule has 6 heteroatoms. The Morgan fingerprint density at radius 1 is 0.455 bits per heavy atom. The molecule has 0 radical (unpaired) electrons. The Hall–Kier alpha value is -7.31. The number of para-hydroxylation sites is 4. The molecule has 0 atom stereocenters. The van der Waals surface area contributed by atoms with Crippen LogP contribution in [0.2, 0.25) is 0 Å². The van der Waals surface area contributed by atoms with Crippen LogP contribution in [0.1, 0.15) is 90.0 Å². The van der Waals surface area contributed by atoms with E-state index >= 15 is 0 Å². The highest BCUT2D eigenvalue weighted by atomic mass is 16.5. The fourth-order valence-electron chi connectivity index (χ4n) is 9.26. The number of aromatic nitrogens is 3. The van der Waals surface area contributed by atoms with Crippen LogP contribution in [0.25, 0.3) is 55.1 Å². The van der Waals surface area contributed by atoms with Gasteiger partial charge in [-0.05, 0) is 118 Å². The first-order valence-corrected chi connectivity index (χ1v) is 22.6. The lowest BCUT2D eigenvalue weighted by atomic mass is 9.80. The average Bonchev–Trinajstić information content (AvgIpc) is 4.04. The van der Waals surface area contributed by atoms with Crippen molar-refractivity contribution in [1.29, 1.82) is 0 Å². The topological polar surface area (TPSA) is 38.5 Å². The van der Waals surface area contributed by atoms with Gasteiger partial charge in [-0.1, -0.05) is 129 Å². The second-order valence-electron chi connectivity index (χ2n) is 20.5. The first-order valence-electron chi connectivity index (χ1n) is 26.6. The fraction of sp³-hybridized carbons (Fsp3) is 0.217. The second kappa shape index (κ2) is 15.1. The third-order valence-corrected chi connectivity index (χ3v) is 12.9. The van der Waals surface area contributed by atoms with Crippen molar-refractivity contribution in [3.05, 3.63) is 186 Å². The molecule has 0 fully saturated rings. The Bertz CT molecular complexity index is 3880. The molecule has 66 heavy (non-hydrogen) atoms. The molecule has 7 aromatic carbocycles. The van der Waals surface area contributed by atoms with Crippen molar-refractivity contribution in [1.82, 2.24) is 14.1 Å². The Morgan fingerprint density at radius 3 is 1.67 bits per heavy atom. The maximum absolute atomic E-state index is 9.15. The van der Waals surface area contributed by atoms with Crippen molar-refractivity contribution in [2.24, 2.45) is 0 Å².